The van der Waals surface area contributed by atoms with Gasteiger partial charge in [-0.3, -0.25) is 0 Å². The highest BCUT2D eigenvalue weighted by atomic mass is 19.1. The Morgan fingerprint density at radius 2 is 2.11 bits per heavy atom. The Bertz CT molecular complexity index is 432. The third kappa shape index (κ3) is 2.49. The maximum Gasteiger partial charge on any atom is 0.165 e. The summed E-state index contributed by atoms with van der Waals surface area (Å²) < 4.78 is 18.7. The first-order valence-electron chi connectivity index (χ1n) is 6.18. The smallest absolute Gasteiger partial charge is 0.165 e. The van der Waals surface area contributed by atoms with E-state index in [0.29, 0.717) is 12.1 Å². The van der Waals surface area contributed by atoms with Gasteiger partial charge in [-0.15, -0.1) is 0 Å². The molecule has 1 saturated carbocycles. The van der Waals surface area contributed by atoms with Crippen molar-refractivity contribution in [3.8, 4) is 5.75 Å². The first-order chi connectivity index (χ1) is 8.47. The molecule has 0 amide bonds. The Morgan fingerprint density at radius 1 is 1.44 bits per heavy atom. The third-order valence-corrected chi connectivity index (χ3v) is 3.46. The van der Waals surface area contributed by atoms with Crippen molar-refractivity contribution in [2.24, 2.45) is 5.92 Å². The van der Waals surface area contributed by atoms with Crippen molar-refractivity contribution in [3.05, 3.63) is 29.6 Å². The van der Waals surface area contributed by atoms with Crippen LogP contribution in [0.2, 0.25) is 0 Å². The van der Waals surface area contributed by atoms with E-state index in [-0.39, 0.29) is 11.7 Å². The fourth-order valence-electron chi connectivity index (χ4n) is 2.43. The van der Waals surface area contributed by atoms with E-state index in [9.17, 15) is 9.50 Å². The Balaban J connectivity index is 2.33. The molecule has 1 aromatic carbocycles. The number of ether oxygens (including phenoxy) is 1. The van der Waals surface area contributed by atoms with Crippen LogP contribution in [-0.4, -0.2) is 37.8 Å². The van der Waals surface area contributed by atoms with E-state index < -0.39 is 11.4 Å². The monoisotopic (exact) mass is 253 g/mol. The van der Waals surface area contributed by atoms with Crippen LogP contribution in [0.4, 0.5) is 4.39 Å². The second-order valence-corrected chi connectivity index (χ2v) is 5.29. The maximum atomic E-state index is 13.8. The number of likely N-dealkylation sites (N-methyl/N-ethyl adjacent to an activating group) is 1. The minimum Gasteiger partial charge on any atom is -0.494 e. The average molecular weight is 253 g/mol. The minimum atomic E-state index is -0.962. The van der Waals surface area contributed by atoms with Crippen LogP contribution in [0, 0.1) is 11.7 Å². The number of methoxy groups -OCH3 is 1. The van der Waals surface area contributed by atoms with Crippen molar-refractivity contribution in [1.82, 2.24) is 4.90 Å². The summed E-state index contributed by atoms with van der Waals surface area (Å²) in [5.41, 5.74) is -0.326. The summed E-state index contributed by atoms with van der Waals surface area (Å²) in [5.74, 6) is 0.0160. The van der Waals surface area contributed by atoms with Crippen LogP contribution in [0.15, 0.2) is 18.2 Å². The second-order valence-electron chi connectivity index (χ2n) is 5.29. The molecule has 0 aliphatic heterocycles. The highest BCUT2D eigenvalue weighted by Crippen LogP contribution is 2.46. The summed E-state index contributed by atoms with van der Waals surface area (Å²) in [4.78, 5) is 1.93. The summed E-state index contributed by atoms with van der Waals surface area (Å²) in [6, 6.07) is 4.72. The summed E-state index contributed by atoms with van der Waals surface area (Å²) in [7, 11) is 5.26. The van der Waals surface area contributed by atoms with Crippen molar-refractivity contribution < 1.29 is 14.2 Å². The van der Waals surface area contributed by atoms with Gasteiger partial charge in [0.15, 0.2) is 11.6 Å². The lowest BCUT2D eigenvalue weighted by Crippen LogP contribution is -2.39. The summed E-state index contributed by atoms with van der Waals surface area (Å²) in [6.45, 7) is 0.503. The van der Waals surface area contributed by atoms with Gasteiger partial charge in [-0.1, -0.05) is 6.07 Å². The molecular weight excluding hydrogens is 233 g/mol. The van der Waals surface area contributed by atoms with Gasteiger partial charge in [0.1, 0.15) is 5.60 Å². The Hall–Kier alpha value is -1.13. The minimum absolute atomic E-state index is 0.210. The van der Waals surface area contributed by atoms with Gasteiger partial charge in [0.05, 0.1) is 7.11 Å². The molecule has 18 heavy (non-hydrogen) atoms. The normalized spacial score (nSPS) is 18.8. The van der Waals surface area contributed by atoms with Crippen molar-refractivity contribution in [2.75, 3.05) is 27.7 Å². The summed E-state index contributed by atoms with van der Waals surface area (Å²) >= 11 is 0. The van der Waals surface area contributed by atoms with Gasteiger partial charge < -0.3 is 14.7 Å². The Kier molecular flexibility index (Phi) is 3.59. The summed E-state index contributed by atoms with van der Waals surface area (Å²) in [5, 5.41) is 10.8. The highest BCUT2D eigenvalue weighted by Gasteiger charge is 2.45. The molecule has 1 unspecified atom stereocenters. The van der Waals surface area contributed by atoms with E-state index in [0.717, 1.165) is 12.8 Å². The van der Waals surface area contributed by atoms with Crippen LogP contribution in [0.3, 0.4) is 0 Å². The van der Waals surface area contributed by atoms with Crippen LogP contribution in [0.5, 0.6) is 5.75 Å². The lowest BCUT2D eigenvalue weighted by molar-refractivity contribution is -0.0102. The van der Waals surface area contributed by atoms with E-state index >= 15 is 0 Å². The lowest BCUT2D eigenvalue weighted by atomic mass is 9.88. The zero-order valence-electron chi connectivity index (χ0n) is 11.1. The number of halogens is 1. The van der Waals surface area contributed by atoms with Gasteiger partial charge in [0.25, 0.3) is 0 Å². The SMILES string of the molecule is COc1ccc(C(O)(CN(C)C)C2CC2)cc1F. The van der Waals surface area contributed by atoms with Crippen LogP contribution in [-0.2, 0) is 5.60 Å². The molecule has 1 aliphatic rings. The van der Waals surface area contributed by atoms with Crippen molar-refractivity contribution in [2.45, 2.75) is 18.4 Å². The molecule has 0 radical (unpaired) electrons. The van der Waals surface area contributed by atoms with Crippen molar-refractivity contribution in [3.63, 3.8) is 0 Å². The van der Waals surface area contributed by atoms with E-state index in [2.05, 4.69) is 0 Å². The van der Waals surface area contributed by atoms with Gasteiger partial charge >= 0.3 is 0 Å². The molecule has 0 saturated heterocycles. The maximum absolute atomic E-state index is 13.8. The highest BCUT2D eigenvalue weighted by molar-refractivity contribution is 5.34. The Labute approximate surface area is 107 Å². The second kappa shape index (κ2) is 4.86. The average Bonchev–Trinajstić information content (AvgIpc) is 3.11. The van der Waals surface area contributed by atoms with Gasteiger partial charge in [0, 0.05) is 6.54 Å². The van der Waals surface area contributed by atoms with E-state index in [1.807, 2.05) is 19.0 Å². The van der Waals surface area contributed by atoms with Crippen LogP contribution in [0.25, 0.3) is 0 Å². The number of hydrogen-bond donors (Lipinski definition) is 1. The lowest BCUT2D eigenvalue weighted by Gasteiger charge is -2.32. The van der Waals surface area contributed by atoms with Crippen LogP contribution < -0.4 is 4.74 Å². The Morgan fingerprint density at radius 3 is 2.56 bits per heavy atom. The number of rotatable bonds is 5. The number of benzene rings is 1. The molecule has 0 aromatic heterocycles. The standard InChI is InChI=1S/C14H20FNO2/c1-16(2)9-14(17,10-4-5-10)11-6-7-13(18-3)12(15)8-11/h6-8,10,17H,4-5,9H2,1-3H3. The van der Waals surface area contributed by atoms with Crippen molar-refractivity contribution >= 4 is 0 Å². The fraction of sp³-hybridized carbons (Fsp3) is 0.571. The van der Waals surface area contributed by atoms with Crippen LogP contribution >= 0.6 is 0 Å². The summed E-state index contributed by atoms with van der Waals surface area (Å²) in [6.07, 6.45) is 2.00. The molecule has 100 valence electrons. The fourth-order valence-corrected chi connectivity index (χ4v) is 2.43. The molecule has 0 bridgehead atoms. The number of aliphatic hydroxyl groups is 1. The topological polar surface area (TPSA) is 32.7 Å². The van der Waals surface area contributed by atoms with Crippen LogP contribution in [0.1, 0.15) is 18.4 Å². The molecule has 1 aliphatic carbocycles. The van der Waals surface area contributed by atoms with Gasteiger partial charge in [0.2, 0.25) is 0 Å². The number of hydrogen-bond acceptors (Lipinski definition) is 3. The molecule has 1 fully saturated rings. The largest absolute Gasteiger partial charge is 0.494 e. The molecule has 1 aromatic rings. The van der Waals surface area contributed by atoms with E-state index in [1.165, 1.54) is 13.2 Å². The molecular formula is C14H20FNO2. The van der Waals surface area contributed by atoms with Gasteiger partial charge in [-0.05, 0) is 50.6 Å². The number of nitrogens with zero attached hydrogens (tertiary/aromatic N) is 1. The third-order valence-electron chi connectivity index (χ3n) is 3.46. The van der Waals surface area contributed by atoms with Crippen molar-refractivity contribution in [1.29, 1.82) is 0 Å². The first-order valence-corrected chi connectivity index (χ1v) is 6.18. The van der Waals surface area contributed by atoms with Gasteiger partial charge in [-0.25, -0.2) is 4.39 Å². The molecule has 2 rings (SSSR count). The molecule has 3 nitrogen and oxygen atoms in total. The van der Waals surface area contributed by atoms with E-state index in [4.69, 9.17) is 4.74 Å². The zero-order valence-corrected chi connectivity index (χ0v) is 11.1. The molecule has 0 spiro atoms. The molecule has 1 atom stereocenters. The predicted octanol–water partition coefficient (Wildman–Crippen LogP) is 1.99. The predicted molar refractivity (Wildman–Crippen MR) is 68.1 cm³/mol. The quantitative estimate of drug-likeness (QED) is 0.871. The first kappa shape index (κ1) is 13.3. The molecule has 1 N–H and O–H groups in total. The van der Waals surface area contributed by atoms with E-state index in [1.54, 1.807) is 12.1 Å². The molecule has 0 heterocycles. The molecule has 4 heteroatoms. The van der Waals surface area contributed by atoms with Gasteiger partial charge in [-0.2, -0.15) is 0 Å². The zero-order chi connectivity index (χ0) is 13.3.